The molecule has 0 saturated carbocycles. The molecule has 1 amide bonds. The van der Waals surface area contributed by atoms with Crippen molar-refractivity contribution < 1.29 is 4.79 Å². The van der Waals surface area contributed by atoms with Crippen molar-refractivity contribution in [1.82, 2.24) is 4.90 Å². The Balaban J connectivity index is 2.92. The van der Waals surface area contributed by atoms with Crippen molar-refractivity contribution in [2.45, 2.75) is 96.6 Å². The number of rotatable bonds is 7. The third-order valence-corrected chi connectivity index (χ3v) is 14.0. The Morgan fingerprint density at radius 3 is 2.05 bits per heavy atom. The fourth-order valence-electron chi connectivity index (χ4n) is 4.47. The van der Waals surface area contributed by atoms with Crippen LogP contribution < -0.4 is 0 Å². The first-order valence-electron chi connectivity index (χ1n) is 8.81. The lowest BCUT2D eigenvalue weighted by Gasteiger charge is -2.47. The second-order valence-electron chi connectivity index (χ2n) is 9.14. The number of nitrogens with zero attached hydrogens (tertiary/aromatic N) is 1. The lowest BCUT2D eigenvalue weighted by molar-refractivity contribution is -0.128. The molecule has 0 spiro atoms. The molecular weight excluding hydrogens is 290 g/mol. The van der Waals surface area contributed by atoms with E-state index in [0.717, 1.165) is 6.42 Å². The highest BCUT2D eigenvalue weighted by molar-refractivity contribution is 6.96. The molecule has 0 bridgehead atoms. The van der Waals surface area contributed by atoms with E-state index >= 15 is 0 Å². The van der Waals surface area contributed by atoms with Gasteiger partial charge in [-0.25, -0.2) is 0 Å². The van der Waals surface area contributed by atoms with Crippen LogP contribution in [0.1, 0.15) is 46.0 Å². The molecule has 1 aliphatic rings. The van der Waals surface area contributed by atoms with Crippen molar-refractivity contribution in [3.05, 3.63) is 0 Å². The molecule has 1 saturated heterocycles. The Morgan fingerprint density at radius 2 is 1.62 bits per heavy atom. The lowest BCUT2D eigenvalue weighted by Crippen LogP contribution is -2.65. The van der Waals surface area contributed by atoms with Crippen LogP contribution in [0.15, 0.2) is 0 Å². The smallest absolute Gasteiger partial charge is 0.222 e. The number of unbranched alkanes of at least 4 members (excludes halogenated alkanes) is 2. The molecule has 1 heterocycles. The maximum Gasteiger partial charge on any atom is 0.222 e. The zero-order valence-electron chi connectivity index (χ0n) is 15.6. The van der Waals surface area contributed by atoms with Crippen LogP contribution in [0.3, 0.4) is 0 Å². The van der Waals surface area contributed by atoms with Crippen LogP contribution >= 0.6 is 0 Å². The van der Waals surface area contributed by atoms with E-state index in [1.54, 1.807) is 0 Å². The van der Waals surface area contributed by atoms with E-state index in [-0.39, 0.29) is 0 Å². The van der Waals surface area contributed by atoms with E-state index in [9.17, 15) is 4.79 Å². The van der Waals surface area contributed by atoms with E-state index in [0.29, 0.717) is 23.2 Å². The minimum Gasteiger partial charge on any atom is -0.343 e. The third-order valence-electron chi connectivity index (χ3n) is 4.94. The monoisotopic (exact) mass is 327 g/mol. The van der Waals surface area contributed by atoms with Gasteiger partial charge in [0.05, 0.1) is 16.1 Å². The molecule has 0 aromatic carbocycles. The lowest BCUT2D eigenvalue weighted by atomic mass is 9.95. The standard InChI is InChI=1S/C17H37NOSi2/c1-9-10-11-12-15-13-16(19)18(14(15)2)17(20(3,4)5)21(6,7)8/h14-15,17H,9-13H2,1-8H3. The van der Waals surface area contributed by atoms with Gasteiger partial charge in [0.1, 0.15) is 0 Å². The predicted octanol–water partition coefficient (Wildman–Crippen LogP) is 4.93. The van der Waals surface area contributed by atoms with Crippen LogP contribution in [0.4, 0.5) is 0 Å². The minimum absolute atomic E-state index is 0.443. The van der Waals surface area contributed by atoms with E-state index in [1.807, 2.05) is 0 Å². The summed E-state index contributed by atoms with van der Waals surface area (Å²) in [7, 11) is -2.74. The highest BCUT2D eigenvalue weighted by Gasteiger charge is 2.49. The largest absolute Gasteiger partial charge is 0.343 e. The summed E-state index contributed by atoms with van der Waals surface area (Å²) < 4.78 is 0. The summed E-state index contributed by atoms with van der Waals surface area (Å²) in [5.41, 5.74) is 0. The van der Waals surface area contributed by atoms with Crippen molar-refractivity contribution in [2.75, 3.05) is 0 Å². The molecule has 2 atom stereocenters. The highest BCUT2D eigenvalue weighted by Crippen LogP contribution is 2.36. The van der Waals surface area contributed by atoms with Gasteiger partial charge in [0.15, 0.2) is 0 Å². The van der Waals surface area contributed by atoms with Gasteiger partial charge in [-0.15, -0.1) is 0 Å². The number of likely N-dealkylation sites (tertiary alicyclic amines) is 1. The Morgan fingerprint density at radius 1 is 1.10 bits per heavy atom. The molecule has 1 fully saturated rings. The molecule has 0 N–H and O–H groups in total. The van der Waals surface area contributed by atoms with Gasteiger partial charge in [-0.05, 0) is 19.3 Å². The zero-order chi connectivity index (χ0) is 16.4. The third kappa shape index (κ3) is 4.68. The second-order valence-corrected chi connectivity index (χ2v) is 20.3. The Labute approximate surface area is 134 Å². The molecule has 1 rings (SSSR count). The van der Waals surface area contributed by atoms with E-state index in [1.165, 1.54) is 25.7 Å². The zero-order valence-corrected chi connectivity index (χ0v) is 17.6. The normalized spacial score (nSPS) is 24.2. The molecule has 2 unspecified atom stereocenters. The highest BCUT2D eigenvalue weighted by atomic mass is 28.4. The summed E-state index contributed by atoms with van der Waals surface area (Å²) >= 11 is 0. The van der Waals surface area contributed by atoms with Crippen LogP contribution in [0.2, 0.25) is 39.3 Å². The molecule has 124 valence electrons. The number of hydrogen-bond donors (Lipinski definition) is 0. The minimum atomic E-state index is -1.37. The summed E-state index contributed by atoms with van der Waals surface area (Å²) in [4.78, 5) is 15.1. The molecular formula is C17H37NOSi2. The molecule has 0 aromatic rings. The topological polar surface area (TPSA) is 20.3 Å². The maximum absolute atomic E-state index is 12.7. The number of carbonyl (C=O) groups is 1. The van der Waals surface area contributed by atoms with Gasteiger partial charge < -0.3 is 4.90 Å². The Kier molecular flexibility index (Phi) is 6.31. The molecule has 21 heavy (non-hydrogen) atoms. The Bertz CT molecular complexity index is 343. The van der Waals surface area contributed by atoms with Crippen molar-refractivity contribution in [1.29, 1.82) is 0 Å². The molecule has 0 aliphatic carbocycles. The average molecular weight is 328 g/mol. The quantitative estimate of drug-likeness (QED) is 0.480. The van der Waals surface area contributed by atoms with Gasteiger partial charge in [-0.2, -0.15) is 0 Å². The van der Waals surface area contributed by atoms with Crippen LogP contribution in [-0.4, -0.2) is 38.3 Å². The van der Waals surface area contributed by atoms with E-state index in [4.69, 9.17) is 0 Å². The molecule has 4 heteroatoms. The van der Waals surface area contributed by atoms with Gasteiger partial charge in [0, 0.05) is 17.8 Å². The second kappa shape index (κ2) is 6.99. The van der Waals surface area contributed by atoms with Crippen molar-refractivity contribution >= 4 is 22.1 Å². The number of amides is 1. The summed E-state index contributed by atoms with van der Waals surface area (Å²) in [6.07, 6.45) is 5.91. The molecule has 2 nitrogen and oxygen atoms in total. The first kappa shape index (κ1) is 19.0. The van der Waals surface area contributed by atoms with E-state index in [2.05, 4.69) is 58.0 Å². The Hall–Kier alpha value is -0.0962. The summed E-state index contributed by atoms with van der Waals surface area (Å²) in [5.74, 6) is 1.04. The summed E-state index contributed by atoms with van der Waals surface area (Å²) in [6.45, 7) is 19.2. The van der Waals surface area contributed by atoms with E-state index < -0.39 is 16.1 Å². The van der Waals surface area contributed by atoms with Gasteiger partial charge in [0.2, 0.25) is 5.91 Å². The average Bonchev–Trinajstić information content (AvgIpc) is 2.54. The van der Waals surface area contributed by atoms with Crippen LogP contribution in [-0.2, 0) is 4.79 Å². The predicted molar refractivity (Wildman–Crippen MR) is 99.0 cm³/mol. The first-order valence-corrected chi connectivity index (χ1v) is 16.0. The maximum atomic E-state index is 12.7. The van der Waals surface area contributed by atoms with Crippen LogP contribution in [0.5, 0.6) is 0 Å². The van der Waals surface area contributed by atoms with Gasteiger partial charge in [-0.1, -0.05) is 65.5 Å². The SMILES string of the molecule is CCCCCC1CC(=O)N(C([Si](C)(C)C)[Si](C)(C)C)C1C. The van der Waals surface area contributed by atoms with Crippen molar-refractivity contribution in [3.8, 4) is 0 Å². The fourth-order valence-corrected chi connectivity index (χ4v) is 17.3. The van der Waals surface area contributed by atoms with Gasteiger partial charge >= 0.3 is 0 Å². The summed E-state index contributed by atoms with van der Waals surface area (Å²) in [6, 6.07) is 0.456. The van der Waals surface area contributed by atoms with Gasteiger partial charge in [-0.3, -0.25) is 4.79 Å². The molecule has 0 aromatic heterocycles. The van der Waals surface area contributed by atoms with Gasteiger partial charge in [0.25, 0.3) is 0 Å². The molecule has 1 aliphatic heterocycles. The van der Waals surface area contributed by atoms with Crippen LogP contribution in [0.25, 0.3) is 0 Å². The fraction of sp³-hybridized carbons (Fsp3) is 0.941. The van der Waals surface area contributed by atoms with Crippen molar-refractivity contribution in [2.24, 2.45) is 5.92 Å². The van der Waals surface area contributed by atoms with Crippen LogP contribution in [0, 0.1) is 5.92 Å². The van der Waals surface area contributed by atoms with Crippen molar-refractivity contribution in [3.63, 3.8) is 0 Å². The first-order chi connectivity index (χ1) is 9.50. The number of carbonyl (C=O) groups excluding carboxylic acids is 1. The summed E-state index contributed by atoms with van der Waals surface area (Å²) in [5, 5.41) is 0.573. The molecule has 0 radical (unpaired) electrons. The number of hydrogen-bond acceptors (Lipinski definition) is 1.